The summed E-state index contributed by atoms with van der Waals surface area (Å²) >= 11 is 0. The molecule has 0 saturated heterocycles. The highest BCUT2D eigenvalue weighted by Gasteiger charge is 2.80. The minimum Gasteiger partial charge on any atom is -0.495 e. The second-order valence-corrected chi connectivity index (χ2v) is 11.1. The summed E-state index contributed by atoms with van der Waals surface area (Å²) in [7, 11) is 3.41. The number of aryl methyl sites for hydroxylation is 1. The van der Waals surface area contributed by atoms with E-state index in [1.54, 1.807) is 29.3 Å². The minimum absolute atomic E-state index is 0.355. The number of nitrogens with zero attached hydrogens (tertiary/aromatic N) is 4. The van der Waals surface area contributed by atoms with Crippen LogP contribution >= 0.6 is 0 Å². The Kier molecular flexibility index (Phi) is 6.30. The van der Waals surface area contributed by atoms with Gasteiger partial charge in [0.05, 0.1) is 42.9 Å². The second-order valence-electron chi connectivity index (χ2n) is 11.1. The Morgan fingerprint density at radius 1 is 1.25 bits per heavy atom. The van der Waals surface area contributed by atoms with Crippen LogP contribution in [-0.4, -0.2) is 50.3 Å². The molecule has 0 bridgehead atoms. The van der Waals surface area contributed by atoms with E-state index in [4.69, 9.17) is 9.47 Å². The van der Waals surface area contributed by atoms with Gasteiger partial charge in [-0.05, 0) is 24.1 Å². The molecule has 206 valence electrons. The van der Waals surface area contributed by atoms with Crippen molar-refractivity contribution in [3.05, 3.63) is 95.6 Å². The van der Waals surface area contributed by atoms with Gasteiger partial charge in [-0.1, -0.05) is 49.4 Å². The van der Waals surface area contributed by atoms with Crippen LogP contribution in [0.3, 0.4) is 0 Å². The van der Waals surface area contributed by atoms with Crippen molar-refractivity contribution in [2.45, 2.75) is 43.1 Å². The number of nitriles is 1. The summed E-state index contributed by atoms with van der Waals surface area (Å²) in [6.07, 6.45) is 9.69. The van der Waals surface area contributed by atoms with Crippen LogP contribution in [0.25, 0.3) is 0 Å². The molecule has 2 unspecified atom stereocenters. The number of hydrogen-bond acceptors (Lipinski definition) is 8. The van der Waals surface area contributed by atoms with Gasteiger partial charge in [0.1, 0.15) is 11.5 Å². The van der Waals surface area contributed by atoms with Crippen LogP contribution in [0.4, 0.5) is 0 Å². The molecule has 0 radical (unpaired) electrons. The maximum atomic E-state index is 13.0. The van der Waals surface area contributed by atoms with Gasteiger partial charge in [-0.25, -0.2) is 0 Å². The molecule has 2 aromatic heterocycles. The third-order valence-electron chi connectivity index (χ3n) is 9.14. The predicted octanol–water partition coefficient (Wildman–Crippen LogP) is 3.12. The third kappa shape index (κ3) is 3.50. The summed E-state index contributed by atoms with van der Waals surface area (Å²) in [6, 6.07) is 14.1. The van der Waals surface area contributed by atoms with Crippen molar-refractivity contribution in [2.24, 2.45) is 18.4 Å². The first-order valence-electron chi connectivity index (χ1n) is 13.4. The second kappa shape index (κ2) is 9.59. The number of nitrogens with one attached hydrogen (secondary N) is 1. The van der Waals surface area contributed by atoms with Crippen molar-refractivity contribution < 1.29 is 19.7 Å². The number of methoxy groups -OCH3 is 1. The van der Waals surface area contributed by atoms with Crippen molar-refractivity contribution in [1.29, 1.82) is 5.26 Å². The van der Waals surface area contributed by atoms with E-state index in [2.05, 4.69) is 21.5 Å². The van der Waals surface area contributed by atoms with Crippen LogP contribution in [0.5, 0.6) is 11.5 Å². The summed E-state index contributed by atoms with van der Waals surface area (Å²) in [5.74, 6) is -0.157. The van der Waals surface area contributed by atoms with Gasteiger partial charge in [0.2, 0.25) is 0 Å². The first-order chi connectivity index (χ1) is 19.3. The number of benzene rings is 1. The van der Waals surface area contributed by atoms with Crippen LogP contribution in [0.1, 0.15) is 36.1 Å². The van der Waals surface area contributed by atoms with Crippen molar-refractivity contribution in [1.82, 2.24) is 20.1 Å². The lowest BCUT2D eigenvalue weighted by Crippen LogP contribution is -2.63. The third-order valence-corrected chi connectivity index (χ3v) is 9.14. The van der Waals surface area contributed by atoms with Crippen LogP contribution in [0, 0.1) is 22.7 Å². The van der Waals surface area contributed by atoms with E-state index in [-0.39, 0.29) is 0 Å². The predicted molar refractivity (Wildman–Crippen MR) is 147 cm³/mol. The van der Waals surface area contributed by atoms with Crippen molar-refractivity contribution in [3.63, 3.8) is 0 Å². The first-order valence-corrected chi connectivity index (χ1v) is 13.4. The monoisotopic (exact) mass is 539 g/mol. The van der Waals surface area contributed by atoms with Gasteiger partial charge in [-0.3, -0.25) is 9.67 Å². The number of pyridine rings is 1. The normalized spacial score (nSPS) is 32.1. The lowest BCUT2D eigenvalue weighted by Gasteiger charge is -2.51. The Morgan fingerprint density at radius 2 is 2.05 bits per heavy atom. The number of ether oxygens (including phenoxy) is 2. The van der Waals surface area contributed by atoms with Crippen molar-refractivity contribution in [3.8, 4) is 17.6 Å². The maximum Gasteiger partial charge on any atom is 0.164 e. The van der Waals surface area contributed by atoms with Crippen LogP contribution < -0.4 is 14.8 Å². The Bertz CT molecular complexity index is 1530. The molecule has 6 rings (SSSR count). The average molecular weight is 540 g/mol. The molecule has 6 atom stereocenters. The molecule has 0 spiro atoms. The number of allylic oxidation sites excluding steroid dienone is 3. The molecule has 3 heterocycles. The minimum atomic E-state index is -1.85. The van der Waals surface area contributed by atoms with Gasteiger partial charge in [-0.2, -0.15) is 10.4 Å². The summed E-state index contributed by atoms with van der Waals surface area (Å²) < 4.78 is 14.4. The first kappa shape index (κ1) is 26.3. The number of rotatable bonds is 7. The molecule has 9 nitrogen and oxygen atoms in total. The Labute approximate surface area is 233 Å². The van der Waals surface area contributed by atoms with E-state index >= 15 is 0 Å². The number of hydrogen-bond donors (Lipinski definition) is 3. The van der Waals surface area contributed by atoms with E-state index in [0.29, 0.717) is 42.1 Å². The fourth-order valence-electron chi connectivity index (χ4n) is 7.24. The summed E-state index contributed by atoms with van der Waals surface area (Å²) in [5.41, 5.74) is -1.13. The largest absolute Gasteiger partial charge is 0.495 e. The van der Waals surface area contributed by atoms with E-state index in [1.807, 2.05) is 62.5 Å². The van der Waals surface area contributed by atoms with Gasteiger partial charge >= 0.3 is 0 Å². The van der Waals surface area contributed by atoms with Gasteiger partial charge in [0.25, 0.3) is 0 Å². The number of aromatic nitrogens is 3. The lowest BCUT2D eigenvalue weighted by molar-refractivity contribution is -0.185. The van der Waals surface area contributed by atoms with E-state index in [9.17, 15) is 15.5 Å². The molecule has 2 aliphatic carbocycles. The van der Waals surface area contributed by atoms with Crippen molar-refractivity contribution in [2.75, 3.05) is 13.7 Å². The Balaban J connectivity index is 1.54. The molecule has 1 saturated carbocycles. The smallest absolute Gasteiger partial charge is 0.164 e. The summed E-state index contributed by atoms with van der Waals surface area (Å²) in [6.45, 7) is 2.98. The molecular formula is C31H33N5O4. The fourth-order valence-corrected chi connectivity index (χ4v) is 7.24. The zero-order valence-electron chi connectivity index (χ0n) is 22.8. The highest BCUT2D eigenvalue weighted by atomic mass is 16.5. The summed E-state index contributed by atoms with van der Waals surface area (Å²) in [4.78, 5) is 4.30. The number of fused-ring (bicyclic) bond motifs is 3. The molecule has 40 heavy (non-hydrogen) atoms. The Hall–Kier alpha value is -3.97. The van der Waals surface area contributed by atoms with Crippen molar-refractivity contribution >= 4 is 0 Å². The topological polar surface area (TPSA) is 125 Å². The van der Waals surface area contributed by atoms with Crippen LogP contribution in [-0.2, 0) is 19.2 Å². The number of aliphatic hydroxyl groups excluding tert-OH is 1. The van der Waals surface area contributed by atoms with Gasteiger partial charge < -0.3 is 25.0 Å². The highest BCUT2D eigenvalue weighted by molar-refractivity contribution is 5.59. The van der Waals surface area contributed by atoms with Gasteiger partial charge in [0, 0.05) is 49.2 Å². The molecule has 1 aromatic carbocycles. The van der Waals surface area contributed by atoms with Gasteiger partial charge in [-0.15, -0.1) is 0 Å². The molecular weight excluding hydrogens is 506 g/mol. The maximum absolute atomic E-state index is 13.0. The molecule has 3 aliphatic rings. The quantitative estimate of drug-likeness (QED) is 0.418. The van der Waals surface area contributed by atoms with E-state index in [1.165, 1.54) is 7.11 Å². The van der Waals surface area contributed by atoms with Crippen LogP contribution in [0.15, 0.2) is 78.8 Å². The van der Waals surface area contributed by atoms with Crippen LogP contribution in [0.2, 0.25) is 0 Å². The summed E-state index contributed by atoms with van der Waals surface area (Å²) in [5, 5.41) is 42.6. The zero-order valence-corrected chi connectivity index (χ0v) is 22.8. The Morgan fingerprint density at radius 3 is 2.70 bits per heavy atom. The molecule has 0 amide bonds. The number of aliphatic hydroxyl groups is 2. The highest BCUT2D eigenvalue weighted by Crippen LogP contribution is 2.71. The van der Waals surface area contributed by atoms with E-state index in [0.717, 1.165) is 11.3 Å². The zero-order chi connectivity index (χ0) is 28.1. The molecule has 1 aliphatic heterocycles. The van der Waals surface area contributed by atoms with Gasteiger partial charge in [0.15, 0.2) is 11.2 Å². The standard InChI is InChI=1S/C31H33N5O4/c1-29(12-9-20(15-32)10-13-29)31-26(21-7-5-4-6-8-21)23(17-33-16-22-11-14-35-36(22)2)28(37)30(31,38)27-24(39-3)18-34-19-25(27)40-31/h4-12,14,18-19,23,26,28,33,37-38H,13,16-17H2,1-3H3/t23-,26-,28-,29?,30+,31?/m1/s1. The molecule has 9 heteroatoms. The molecule has 1 fully saturated rings. The average Bonchev–Trinajstić information content (AvgIpc) is 3.57. The fraction of sp³-hybridized carbons (Fsp3) is 0.387. The SMILES string of the molecule is COc1cncc2c1[C@]1(O)[C@H](O)[C@H](CNCc3ccnn3C)[C@@H](c3ccccc3)C1(C1(C)C=CC(C#N)=CC1)O2. The molecule has 3 aromatic rings. The van der Waals surface area contributed by atoms with E-state index < -0.39 is 34.6 Å². The lowest BCUT2D eigenvalue weighted by atomic mass is 9.57. The molecule has 3 N–H and O–H groups in total.